The Kier molecular flexibility index (Phi) is 7.13. The van der Waals surface area contributed by atoms with Gasteiger partial charge in [0, 0.05) is 0 Å². The van der Waals surface area contributed by atoms with Crippen molar-refractivity contribution >= 4 is 19.9 Å². The molecule has 0 N–H and O–H groups in total. The van der Waals surface area contributed by atoms with Crippen molar-refractivity contribution < 1.29 is 0 Å². The van der Waals surface area contributed by atoms with Gasteiger partial charge in [-0.25, -0.2) is 4.68 Å². The number of nitrogens with zero attached hydrogens (tertiary/aromatic N) is 7. The third-order valence-corrected chi connectivity index (χ3v) is 5.73. The number of hydrogen-bond donors (Lipinski definition) is 0. The summed E-state index contributed by atoms with van der Waals surface area (Å²) in [6.07, 6.45) is 6.68. The van der Waals surface area contributed by atoms with Crippen molar-refractivity contribution in [1.29, 1.82) is 0 Å². The fraction of sp³-hybridized carbons (Fsp3) is 0.941. The van der Waals surface area contributed by atoms with Gasteiger partial charge in [0.15, 0.2) is 0 Å². The number of unbranched alkanes of at least 4 members (excludes halogenated alkanes) is 3. The molecule has 1 unspecified atom stereocenters. The molecule has 0 radical (unpaired) electrons. The zero-order chi connectivity index (χ0) is 19.5. The van der Waals surface area contributed by atoms with Gasteiger partial charge in [0.1, 0.15) is 0 Å². The van der Waals surface area contributed by atoms with Crippen molar-refractivity contribution in [2.45, 2.75) is 92.1 Å². The summed E-state index contributed by atoms with van der Waals surface area (Å²) < 4.78 is 4.56. The van der Waals surface area contributed by atoms with Crippen LogP contribution in [0.5, 0.6) is 0 Å². The monoisotopic (exact) mass is 361 g/mol. The number of aromatic nitrogens is 4. The predicted octanol–water partition coefficient (Wildman–Crippen LogP) is 3.03. The first-order valence-electron chi connectivity index (χ1n) is 10.4. The van der Waals surface area contributed by atoms with Gasteiger partial charge < -0.3 is 14.3 Å². The maximum atomic E-state index is 4.31. The van der Waals surface area contributed by atoms with Gasteiger partial charge in [0.25, 0.3) is 6.98 Å². The molecule has 9 heteroatoms. The first-order chi connectivity index (χ1) is 12.3. The molecule has 3 heterocycles. The lowest BCUT2D eigenvalue weighted by molar-refractivity contribution is 0.187. The van der Waals surface area contributed by atoms with Gasteiger partial charge in [0.05, 0.1) is 11.7 Å². The average Bonchev–Trinajstić information content (AvgIpc) is 3.14. The summed E-state index contributed by atoms with van der Waals surface area (Å²) in [5.41, 5.74) is -0.135. The molecule has 0 saturated carbocycles. The lowest BCUT2D eigenvalue weighted by Crippen LogP contribution is -2.75. The van der Waals surface area contributed by atoms with Gasteiger partial charge in [-0.3, -0.25) is 0 Å². The van der Waals surface area contributed by atoms with Crippen LogP contribution in [0.3, 0.4) is 0 Å². The minimum Gasteiger partial charge on any atom is -0.353 e. The molecule has 7 nitrogen and oxygen atoms in total. The minimum absolute atomic E-state index is 0.135. The first-order valence-corrected chi connectivity index (χ1v) is 10.4. The van der Waals surface area contributed by atoms with Gasteiger partial charge in [-0.1, -0.05) is 65.2 Å². The van der Waals surface area contributed by atoms with Gasteiger partial charge in [-0.15, -0.1) is 0 Å². The zero-order valence-corrected chi connectivity index (χ0v) is 18.1. The normalized spacial score (nSPS) is 22.2. The van der Waals surface area contributed by atoms with Gasteiger partial charge >= 0.3 is 6.98 Å². The highest BCUT2D eigenvalue weighted by molar-refractivity contribution is 6.73. The van der Waals surface area contributed by atoms with E-state index in [0.29, 0.717) is 14.0 Å². The van der Waals surface area contributed by atoms with Crippen molar-refractivity contribution in [2.24, 2.45) is 0 Å². The quantitative estimate of drug-likeness (QED) is 0.594. The fourth-order valence-corrected chi connectivity index (χ4v) is 4.35. The highest BCUT2D eigenvalue weighted by atomic mass is 15.7. The van der Waals surface area contributed by atoms with Crippen LogP contribution in [0.2, 0.25) is 13.6 Å². The molecule has 0 amide bonds. The van der Waals surface area contributed by atoms with Crippen LogP contribution in [0.25, 0.3) is 0 Å². The van der Waals surface area contributed by atoms with Crippen LogP contribution in [-0.4, -0.2) is 63.5 Å². The highest BCUT2D eigenvalue weighted by Crippen LogP contribution is 2.41. The molecule has 1 saturated heterocycles. The van der Waals surface area contributed by atoms with Crippen LogP contribution in [0.15, 0.2) is 0 Å². The highest BCUT2D eigenvalue weighted by Gasteiger charge is 2.57. The first kappa shape index (κ1) is 21.2. The van der Waals surface area contributed by atoms with Crippen LogP contribution in [0.1, 0.15) is 66.7 Å². The molecule has 0 bridgehead atoms. The minimum atomic E-state index is -0.135. The maximum Gasteiger partial charge on any atom is 0.333 e. The van der Waals surface area contributed by atoms with E-state index in [1.807, 2.05) is 4.68 Å². The molecule has 0 spiro atoms. The number of fused-ring (bicyclic) bond motifs is 3. The molecule has 146 valence electrons. The van der Waals surface area contributed by atoms with Crippen molar-refractivity contribution in [3.05, 3.63) is 0 Å². The summed E-state index contributed by atoms with van der Waals surface area (Å²) in [5.74, 6) is 0.893. The zero-order valence-electron chi connectivity index (χ0n) is 18.1. The molecular formula is C17H37B2N7. The Hall–Kier alpha value is -1.08. The topological polar surface area (TPSA) is 53.3 Å². The SMILES string of the molecule is CCC.CCCCCCN1B(C)N(C)C2N(B1C)c1nnnn1C2(C)C. The molecule has 1 fully saturated rings. The summed E-state index contributed by atoms with van der Waals surface area (Å²) >= 11 is 0. The predicted molar refractivity (Wildman–Crippen MR) is 111 cm³/mol. The van der Waals surface area contributed by atoms with E-state index >= 15 is 0 Å². The van der Waals surface area contributed by atoms with Crippen LogP contribution in [-0.2, 0) is 5.54 Å². The Morgan fingerprint density at radius 1 is 1.04 bits per heavy atom. The summed E-state index contributed by atoms with van der Waals surface area (Å²) in [6, 6.07) is 0. The number of tetrazole rings is 1. The van der Waals surface area contributed by atoms with Gasteiger partial charge in [-0.05, 0) is 44.3 Å². The Balaban J connectivity index is 0.000000758. The molecule has 1 atom stereocenters. The molecule has 0 aromatic carbocycles. The molecular weight excluding hydrogens is 324 g/mol. The fourth-order valence-electron chi connectivity index (χ4n) is 4.35. The van der Waals surface area contributed by atoms with Crippen molar-refractivity contribution in [3.8, 4) is 0 Å². The van der Waals surface area contributed by atoms with Crippen LogP contribution >= 0.6 is 0 Å². The van der Waals surface area contributed by atoms with Crippen LogP contribution in [0, 0.1) is 0 Å². The molecule has 3 rings (SSSR count). The lowest BCUT2D eigenvalue weighted by Gasteiger charge is -2.53. The summed E-state index contributed by atoms with van der Waals surface area (Å²) in [6.45, 7) is 17.4. The third kappa shape index (κ3) is 3.65. The summed E-state index contributed by atoms with van der Waals surface area (Å²) in [5, 5.41) is 12.5. The Morgan fingerprint density at radius 2 is 1.69 bits per heavy atom. The van der Waals surface area contributed by atoms with E-state index in [9.17, 15) is 0 Å². The molecule has 2 aliphatic heterocycles. The maximum absolute atomic E-state index is 4.31. The smallest absolute Gasteiger partial charge is 0.333 e. The Bertz CT molecular complexity index is 565. The number of anilines is 1. The van der Waals surface area contributed by atoms with E-state index in [0.717, 1.165) is 12.5 Å². The summed E-state index contributed by atoms with van der Waals surface area (Å²) in [7, 11) is 2.22. The van der Waals surface area contributed by atoms with Crippen molar-refractivity contribution in [1.82, 2.24) is 29.7 Å². The second-order valence-corrected chi connectivity index (χ2v) is 8.26. The molecule has 2 aliphatic rings. The molecule has 0 aliphatic carbocycles. The lowest BCUT2D eigenvalue weighted by atomic mass is 9.56. The number of rotatable bonds is 5. The molecule has 26 heavy (non-hydrogen) atoms. The summed E-state index contributed by atoms with van der Waals surface area (Å²) in [4.78, 5) is 4.84. The van der Waals surface area contributed by atoms with E-state index in [2.05, 4.69) is 85.2 Å². The van der Waals surface area contributed by atoms with E-state index in [1.165, 1.54) is 32.1 Å². The van der Waals surface area contributed by atoms with Crippen molar-refractivity contribution in [3.63, 3.8) is 0 Å². The second kappa shape index (κ2) is 8.74. The standard InChI is InChI=1S/C14H29B2N7.C3H8/c1-7-8-9-10-11-21-15(4)20(6)12-14(2,3)23-13(17-18-19-23)22(12)16(21)5;1-3-2/h12H,7-11H2,1-6H3;3H2,1-2H3. The van der Waals surface area contributed by atoms with Crippen molar-refractivity contribution in [2.75, 3.05) is 18.4 Å². The van der Waals surface area contributed by atoms with E-state index in [-0.39, 0.29) is 11.7 Å². The Labute approximate surface area is 160 Å². The second-order valence-electron chi connectivity index (χ2n) is 8.26. The van der Waals surface area contributed by atoms with E-state index < -0.39 is 0 Å². The largest absolute Gasteiger partial charge is 0.353 e. The Morgan fingerprint density at radius 3 is 2.31 bits per heavy atom. The van der Waals surface area contributed by atoms with E-state index in [4.69, 9.17) is 0 Å². The van der Waals surface area contributed by atoms with E-state index in [1.54, 1.807) is 0 Å². The van der Waals surface area contributed by atoms with Gasteiger partial charge in [-0.2, -0.15) is 0 Å². The number of hydrogen-bond acceptors (Lipinski definition) is 6. The number of likely N-dealkylation sites (N-methyl/N-ethyl adjacent to an activating group) is 1. The third-order valence-electron chi connectivity index (χ3n) is 5.73. The average molecular weight is 361 g/mol. The van der Waals surface area contributed by atoms with Crippen LogP contribution in [0.4, 0.5) is 5.95 Å². The van der Waals surface area contributed by atoms with Gasteiger partial charge in [0.2, 0.25) is 5.95 Å². The van der Waals surface area contributed by atoms with Crippen LogP contribution < -0.4 is 4.81 Å². The molecule has 1 aromatic rings. The molecule has 1 aromatic heterocycles.